The molecule has 1 saturated heterocycles. The molecule has 2 heterocycles. The van der Waals surface area contributed by atoms with E-state index in [0.717, 1.165) is 30.8 Å². The Kier molecular flexibility index (Phi) is 5.46. The third-order valence-corrected chi connectivity index (χ3v) is 5.70. The van der Waals surface area contributed by atoms with Gasteiger partial charge in [-0.2, -0.15) is 0 Å². The van der Waals surface area contributed by atoms with E-state index in [1.54, 1.807) is 18.3 Å². The number of hydrogen-bond acceptors (Lipinski definition) is 4. The molecule has 2 aliphatic rings. The number of likely N-dealkylation sites (tertiary alicyclic amines) is 1. The number of para-hydroxylation sites is 1. The van der Waals surface area contributed by atoms with E-state index < -0.39 is 0 Å². The fourth-order valence-corrected chi connectivity index (χ4v) is 4.08. The molecule has 3 amide bonds. The molecule has 7 nitrogen and oxygen atoms in total. The summed E-state index contributed by atoms with van der Waals surface area (Å²) in [5, 5.41) is 5.87. The van der Waals surface area contributed by atoms with E-state index >= 15 is 0 Å². The summed E-state index contributed by atoms with van der Waals surface area (Å²) in [6.45, 7) is 2.25. The Labute approximate surface area is 170 Å². The van der Waals surface area contributed by atoms with Crippen LogP contribution in [-0.4, -0.2) is 41.5 Å². The number of fused-ring (bicyclic) bond motifs is 1. The minimum Gasteiger partial charge on any atom is -0.384 e. The fourth-order valence-electron chi connectivity index (χ4n) is 4.08. The quantitative estimate of drug-likeness (QED) is 0.659. The highest BCUT2D eigenvalue weighted by molar-refractivity contribution is 5.91. The van der Waals surface area contributed by atoms with E-state index in [2.05, 4.69) is 15.6 Å². The van der Waals surface area contributed by atoms with Crippen molar-refractivity contribution < 1.29 is 9.59 Å². The van der Waals surface area contributed by atoms with Crippen molar-refractivity contribution in [3.05, 3.63) is 60.3 Å². The number of benzene rings is 1. The van der Waals surface area contributed by atoms with Gasteiger partial charge in [0.15, 0.2) is 0 Å². The number of nitrogens with one attached hydrogen (secondary N) is 2. The molecule has 0 unspecified atom stereocenters. The van der Waals surface area contributed by atoms with Crippen molar-refractivity contribution in [1.82, 2.24) is 15.2 Å². The highest BCUT2D eigenvalue weighted by Crippen LogP contribution is 2.53. The Hall–Kier alpha value is -3.35. The molecule has 4 N–H and O–H groups in total. The summed E-state index contributed by atoms with van der Waals surface area (Å²) >= 11 is 0. The lowest BCUT2D eigenvalue weighted by molar-refractivity contribution is -0.116. The molecule has 0 radical (unpaired) electrons. The van der Waals surface area contributed by atoms with Crippen LogP contribution in [0.5, 0.6) is 0 Å². The van der Waals surface area contributed by atoms with Crippen LogP contribution in [0.15, 0.2) is 54.7 Å². The lowest BCUT2D eigenvalue weighted by atomic mass is 10.2. The normalized spacial score (nSPS) is 22.3. The summed E-state index contributed by atoms with van der Waals surface area (Å²) in [5.41, 5.74) is 7.19. The van der Waals surface area contributed by atoms with Crippen molar-refractivity contribution in [2.24, 2.45) is 17.8 Å². The molecular formula is C22H25N5O2. The van der Waals surface area contributed by atoms with Crippen molar-refractivity contribution in [3.63, 3.8) is 0 Å². The first kappa shape index (κ1) is 19.0. The van der Waals surface area contributed by atoms with Crippen LogP contribution in [0.4, 0.5) is 16.3 Å². The van der Waals surface area contributed by atoms with E-state index in [1.165, 1.54) is 6.08 Å². The largest absolute Gasteiger partial charge is 0.384 e. The predicted octanol–water partition coefficient (Wildman–Crippen LogP) is 2.59. The van der Waals surface area contributed by atoms with E-state index in [0.29, 0.717) is 30.1 Å². The minimum atomic E-state index is -0.114. The van der Waals surface area contributed by atoms with Gasteiger partial charge in [-0.05, 0) is 60.1 Å². The van der Waals surface area contributed by atoms with Crippen LogP contribution < -0.4 is 16.4 Å². The lowest BCUT2D eigenvalue weighted by Crippen LogP contribution is -2.35. The number of rotatable bonds is 6. The van der Waals surface area contributed by atoms with Crippen molar-refractivity contribution in [3.8, 4) is 0 Å². The molecule has 2 fully saturated rings. The second-order valence-electron chi connectivity index (χ2n) is 7.62. The first-order valence-corrected chi connectivity index (χ1v) is 9.88. The molecule has 0 spiro atoms. The Bertz CT molecular complexity index is 885. The van der Waals surface area contributed by atoms with E-state index in [9.17, 15) is 9.59 Å². The monoisotopic (exact) mass is 391 g/mol. The van der Waals surface area contributed by atoms with Crippen molar-refractivity contribution in [1.29, 1.82) is 0 Å². The zero-order chi connectivity index (χ0) is 20.2. The van der Waals surface area contributed by atoms with Crippen LogP contribution in [0, 0.1) is 17.8 Å². The van der Waals surface area contributed by atoms with Crippen LogP contribution in [-0.2, 0) is 4.79 Å². The van der Waals surface area contributed by atoms with E-state index in [-0.39, 0.29) is 11.9 Å². The van der Waals surface area contributed by atoms with Crippen molar-refractivity contribution in [2.75, 3.05) is 30.7 Å². The molecule has 1 aromatic carbocycles. The number of hydrogen-bond donors (Lipinski definition) is 3. The second kappa shape index (κ2) is 8.34. The number of carbonyl (C=O) groups is 2. The number of carbonyl (C=O) groups excluding carboxylic acids is 2. The number of nitrogen functional groups attached to an aromatic ring is 1. The summed E-state index contributed by atoms with van der Waals surface area (Å²) in [4.78, 5) is 30.2. The summed E-state index contributed by atoms with van der Waals surface area (Å²) < 4.78 is 0. The van der Waals surface area contributed by atoms with Gasteiger partial charge in [0, 0.05) is 37.6 Å². The minimum absolute atomic E-state index is 0.0299. The SMILES string of the molecule is Nc1ccc(/C=C/C(=O)NCC[C@@H]2[C@H]3CN(C(=O)Nc4ccccc4)C[C@@H]23)cn1. The van der Waals surface area contributed by atoms with E-state index in [4.69, 9.17) is 5.73 Å². The van der Waals surface area contributed by atoms with Crippen LogP contribution in [0.25, 0.3) is 6.08 Å². The molecule has 1 aliphatic heterocycles. The molecular weight excluding hydrogens is 366 g/mol. The number of anilines is 2. The first-order chi connectivity index (χ1) is 14.1. The Balaban J connectivity index is 1.14. The zero-order valence-electron chi connectivity index (χ0n) is 16.1. The van der Waals surface area contributed by atoms with Gasteiger partial charge >= 0.3 is 6.03 Å². The first-order valence-electron chi connectivity index (χ1n) is 9.88. The Morgan fingerprint density at radius 2 is 1.90 bits per heavy atom. The molecule has 7 heteroatoms. The van der Waals surface area contributed by atoms with Crippen LogP contribution in [0.1, 0.15) is 12.0 Å². The predicted molar refractivity (Wildman–Crippen MR) is 113 cm³/mol. The lowest BCUT2D eigenvalue weighted by Gasteiger charge is -2.20. The number of nitrogens with zero attached hydrogens (tertiary/aromatic N) is 2. The summed E-state index contributed by atoms with van der Waals surface area (Å²) in [5.74, 6) is 2.06. The van der Waals surface area contributed by atoms with Gasteiger partial charge in [0.05, 0.1) is 0 Å². The van der Waals surface area contributed by atoms with Gasteiger partial charge in [-0.3, -0.25) is 4.79 Å². The topological polar surface area (TPSA) is 100 Å². The third-order valence-electron chi connectivity index (χ3n) is 5.70. The number of nitrogens with two attached hydrogens (primary N) is 1. The average molecular weight is 391 g/mol. The van der Waals surface area contributed by atoms with Gasteiger partial charge in [0.1, 0.15) is 5.82 Å². The van der Waals surface area contributed by atoms with Crippen molar-refractivity contribution in [2.45, 2.75) is 6.42 Å². The zero-order valence-corrected chi connectivity index (χ0v) is 16.1. The number of amides is 3. The van der Waals surface area contributed by atoms with Gasteiger partial charge in [0.25, 0.3) is 0 Å². The van der Waals surface area contributed by atoms with Gasteiger partial charge in [-0.15, -0.1) is 0 Å². The molecule has 1 aromatic heterocycles. The molecule has 150 valence electrons. The maximum Gasteiger partial charge on any atom is 0.321 e. The molecule has 1 saturated carbocycles. The highest BCUT2D eigenvalue weighted by Gasteiger charge is 2.55. The Morgan fingerprint density at radius 3 is 2.59 bits per heavy atom. The number of pyridine rings is 1. The van der Waals surface area contributed by atoms with Crippen molar-refractivity contribution >= 4 is 29.5 Å². The number of piperidine rings is 1. The summed E-state index contributed by atoms with van der Waals surface area (Å²) in [6.07, 6.45) is 5.81. The molecule has 2 aromatic rings. The van der Waals surface area contributed by atoms with Crippen LogP contribution in [0.3, 0.4) is 0 Å². The average Bonchev–Trinajstić information content (AvgIpc) is 3.17. The van der Waals surface area contributed by atoms with Gasteiger partial charge < -0.3 is 21.3 Å². The maximum absolute atomic E-state index is 12.3. The number of aromatic nitrogens is 1. The maximum atomic E-state index is 12.3. The molecule has 0 bridgehead atoms. The summed E-state index contributed by atoms with van der Waals surface area (Å²) in [6, 6.07) is 13.0. The van der Waals surface area contributed by atoms with E-state index in [1.807, 2.05) is 41.3 Å². The fraction of sp³-hybridized carbons (Fsp3) is 0.318. The molecule has 4 rings (SSSR count). The standard InChI is InChI=1S/C22H25N5O2/c23-20-8-6-15(12-25-20)7-9-21(28)24-11-10-17-18-13-27(14-19(17)18)22(29)26-16-4-2-1-3-5-16/h1-9,12,17-19H,10-11,13-14H2,(H2,23,25)(H,24,28)(H,26,29)/b9-7+/t17-,18-,19+. The highest BCUT2D eigenvalue weighted by atomic mass is 16.2. The molecule has 29 heavy (non-hydrogen) atoms. The third kappa shape index (κ3) is 4.74. The smallest absolute Gasteiger partial charge is 0.321 e. The molecule has 1 aliphatic carbocycles. The van der Waals surface area contributed by atoms with Gasteiger partial charge in [-0.1, -0.05) is 18.2 Å². The second-order valence-corrected chi connectivity index (χ2v) is 7.62. The Morgan fingerprint density at radius 1 is 1.14 bits per heavy atom. The van der Waals surface area contributed by atoms with Crippen LogP contribution in [0.2, 0.25) is 0 Å². The molecule has 3 atom stereocenters. The summed E-state index contributed by atoms with van der Waals surface area (Å²) in [7, 11) is 0. The number of urea groups is 1. The van der Waals surface area contributed by atoms with Gasteiger partial charge in [0.2, 0.25) is 5.91 Å². The van der Waals surface area contributed by atoms with Gasteiger partial charge in [-0.25, -0.2) is 9.78 Å². The van der Waals surface area contributed by atoms with Crippen LogP contribution >= 0.6 is 0 Å².